The number of hydrogen-bond acceptors (Lipinski definition) is 6. The highest BCUT2D eigenvalue weighted by molar-refractivity contribution is 7.86. The molecule has 23 heavy (non-hydrogen) atoms. The minimum absolute atomic E-state index is 0.337. The lowest BCUT2D eigenvalue weighted by Crippen LogP contribution is -3.59. The molecule has 0 N–H and O–H groups in total. The maximum absolute atomic E-state index is 11.2. The molecule has 0 aliphatic carbocycles. The number of allylic oxidation sites excluding steroid dienone is 1. The summed E-state index contributed by atoms with van der Waals surface area (Å²) in [5, 5.41) is 0. The predicted molar refractivity (Wildman–Crippen MR) is 84.3 cm³/mol. The Morgan fingerprint density at radius 1 is 1.17 bits per heavy atom. The third kappa shape index (κ3) is 17.5. The topological polar surface area (TPSA) is 101 Å². The van der Waals surface area contributed by atoms with Gasteiger partial charge in [0.25, 0.3) is 0 Å². The monoisotopic (exact) mass is 476 g/mol. The molecule has 0 amide bonds. The molecule has 0 bridgehead atoms. The number of unbranched alkanes of at least 4 members (excludes halogenated alkanes) is 1. The zero-order valence-corrected chi connectivity index (χ0v) is 17.0. The number of benzene rings is 1. The Balaban J connectivity index is 0.000000841. The van der Waals surface area contributed by atoms with E-state index in [1.807, 2.05) is 22.3 Å². The summed E-state index contributed by atoms with van der Waals surface area (Å²) >= 11 is -0.337. The molecule has 0 atom stereocenters. The molecule has 132 valence electrons. The van der Waals surface area contributed by atoms with Gasteiger partial charge in [-0.2, -0.15) is 8.42 Å². The van der Waals surface area contributed by atoms with Crippen LogP contribution in [0.25, 0.3) is 0 Å². The molecule has 0 aromatic heterocycles. The fraction of sp³-hybridized carbons (Fsp3) is 0.429. The second-order valence-electron chi connectivity index (χ2n) is 4.58. The van der Waals surface area contributed by atoms with Crippen molar-refractivity contribution in [2.24, 2.45) is 0 Å². The molecular weight excluding hydrogens is 455 g/mol. The van der Waals surface area contributed by atoms with Crippen molar-refractivity contribution in [3.05, 3.63) is 43.7 Å². The molecule has 0 spiro atoms. The Labute approximate surface area is 149 Å². The molecule has 1 aromatic carbocycles. The van der Waals surface area contributed by atoms with E-state index in [1.165, 1.54) is 3.57 Å². The van der Waals surface area contributed by atoms with Crippen LogP contribution in [0.2, 0.25) is 0 Å². The van der Waals surface area contributed by atoms with Crippen LogP contribution in [0.3, 0.4) is 0 Å². The minimum atomic E-state index is -3.92. The zero-order chi connectivity index (χ0) is 17.9. The van der Waals surface area contributed by atoms with E-state index < -0.39 is 20.2 Å². The van der Waals surface area contributed by atoms with E-state index in [1.54, 1.807) is 0 Å². The number of hydrogen-bond donors (Lipinski definition) is 0. The molecule has 0 aliphatic rings. The van der Waals surface area contributed by atoms with Crippen LogP contribution < -0.4 is 21.2 Å². The van der Waals surface area contributed by atoms with Gasteiger partial charge >= 0.3 is 31.3 Å². The Bertz CT molecular complexity index is 673. The van der Waals surface area contributed by atoms with Gasteiger partial charge in [0.1, 0.15) is 0 Å². The zero-order valence-electron chi connectivity index (χ0n) is 13.2. The van der Waals surface area contributed by atoms with Crippen molar-refractivity contribution in [3.63, 3.8) is 0 Å². The molecule has 0 saturated carbocycles. The number of halogens is 1. The van der Waals surface area contributed by atoms with Gasteiger partial charge in [0.15, 0.2) is 13.4 Å². The van der Waals surface area contributed by atoms with Crippen LogP contribution in [0.5, 0.6) is 0 Å². The SMILES string of the molecule is CCCC/C(=C\[I+]c1ccccc1)OS(C)(=O)=O.CS(=O)(=O)[O-]. The van der Waals surface area contributed by atoms with Gasteiger partial charge in [-0.15, -0.1) is 0 Å². The van der Waals surface area contributed by atoms with Crippen molar-refractivity contribution in [3.8, 4) is 0 Å². The minimum Gasteiger partial charge on any atom is -0.748 e. The molecule has 9 heteroatoms. The second kappa shape index (κ2) is 11.0. The average Bonchev–Trinajstić information content (AvgIpc) is 2.40. The van der Waals surface area contributed by atoms with Gasteiger partial charge in [0.2, 0.25) is 0 Å². The maximum Gasteiger partial charge on any atom is 0.353 e. The van der Waals surface area contributed by atoms with Gasteiger partial charge in [0, 0.05) is 12.7 Å². The predicted octanol–water partition coefficient (Wildman–Crippen LogP) is -0.886. The molecule has 0 aliphatic heterocycles. The highest BCUT2D eigenvalue weighted by atomic mass is 127. The third-order valence-corrected chi connectivity index (χ3v) is 5.03. The lowest BCUT2D eigenvalue weighted by molar-refractivity contribution is -0.558. The van der Waals surface area contributed by atoms with Crippen LogP contribution in [0.4, 0.5) is 0 Å². The third-order valence-electron chi connectivity index (χ3n) is 2.07. The summed E-state index contributed by atoms with van der Waals surface area (Å²) in [5.41, 5.74) is 0. The van der Waals surface area contributed by atoms with Gasteiger partial charge in [-0.3, -0.25) is 0 Å². The molecule has 1 rings (SSSR count). The standard InChI is InChI=1S/C13H18IO3S.CH4O3S/c1-3-4-10-13(17-18(2,15)16)11-14-12-8-6-5-7-9-12;1-5(2,3)4/h5-9,11H,3-4,10H2,1-2H3;1H3,(H,2,3,4)/q+1;/p-1/b13-11+;. The van der Waals surface area contributed by atoms with E-state index >= 15 is 0 Å². The molecule has 1 aromatic rings. The molecule has 0 saturated heterocycles. The van der Waals surface area contributed by atoms with Crippen LogP contribution in [0, 0.1) is 3.57 Å². The highest BCUT2D eigenvalue weighted by Crippen LogP contribution is 2.09. The van der Waals surface area contributed by atoms with Gasteiger partial charge in [-0.05, 0) is 18.6 Å². The van der Waals surface area contributed by atoms with Gasteiger partial charge in [-0.25, -0.2) is 8.42 Å². The maximum atomic E-state index is 11.2. The fourth-order valence-corrected chi connectivity index (χ4v) is 3.94. The van der Waals surface area contributed by atoms with Gasteiger partial charge in [-0.1, -0.05) is 31.5 Å². The van der Waals surface area contributed by atoms with Crippen molar-refractivity contribution >= 4 is 20.2 Å². The van der Waals surface area contributed by atoms with Gasteiger partial charge < -0.3 is 8.74 Å². The first-order valence-corrected chi connectivity index (χ1v) is 12.6. The fourth-order valence-electron chi connectivity index (χ4n) is 1.27. The van der Waals surface area contributed by atoms with Crippen molar-refractivity contribution in [2.75, 3.05) is 12.5 Å². The van der Waals surface area contributed by atoms with Crippen LogP contribution in [-0.4, -0.2) is 33.9 Å². The summed E-state index contributed by atoms with van der Waals surface area (Å²) in [7, 11) is -7.33. The normalized spacial score (nSPS) is 12.3. The van der Waals surface area contributed by atoms with E-state index in [9.17, 15) is 8.42 Å². The first-order valence-electron chi connectivity index (χ1n) is 6.69. The molecule has 0 unspecified atom stereocenters. The van der Waals surface area contributed by atoms with E-state index in [0.29, 0.717) is 18.4 Å². The van der Waals surface area contributed by atoms with E-state index in [0.717, 1.165) is 19.1 Å². The Morgan fingerprint density at radius 2 is 1.70 bits per heavy atom. The van der Waals surface area contributed by atoms with Crippen molar-refractivity contribution in [1.82, 2.24) is 0 Å². The smallest absolute Gasteiger partial charge is 0.353 e. The first kappa shape index (κ1) is 22.4. The van der Waals surface area contributed by atoms with E-state index in [2.05, 4.69) is 19.1 Å². The summed E-state index contributed by atoms with van der Waals surface area (Å²) < 4.78 is 57.8. The molecule has 0 fully saturated rings. The molecule has 6 nitrogen and oxygen atoms in total. The Hall–Kier alpha value is -0.650. The summed E-state index contributed by atoms with van der Waals surface area (Å²) in [5.74, 6) is 0.594. The van der Waals surface area contributed by atoms with Crippen LogP contribution in [0.15, 0.2) is 40.2 Å². The average molecular weight is 476 g/mol. The van der Waals surface area contributed by atoms with Crippen LogP contribution >= 0.6 is 0 Å². The van der Waals surface area contributed by atoms with Gasteiger partial charge in [0.05, 0.1) is 16.4 Å². The lowest BCUT2D eigenvalue weighted by Gasteiger charge is -2.03. The second-order valence-corrected chi connectivity index (χ2v) is 10.0. The quantitative estimate of drug-likeness (QED) is 0.219. The summed E-state index contributed by atoms with van der Waals surface area (Å²) in [6, 6.07) is 10.1. The highest BCUT2D eigenvalue weighted by Gasteiger charge is 2.14. The summed E-state index contributed by atoms with van der Waals surface area (Å²) in [6.45, 7) is 2.07. The summed E-state index contributed by atoms with van der Waals surface area (Å²) in [4.78, 5) is 0. The van der Waals surface area contributed by atoms with E-state index in [-0.39, 0.29) is 21.2 Å². The lowest BCUT2D eigenvalue weighted by atomic mass is 10.2. The Morgan fingerprint density at radius 3 is 2.13 bits per heavy atom. The van der Waals surface area contributed by atoms with Crippen LogP contribution in [0.1, 0.15) is 26.2 Å². The molecular formula is C14H21IO6S2. The largest absolute Gasteiger partial charge is 0.748 e. The Kier molecular flexibility index (Phi) is 10.7. The van der Waals surface area contributed by atoms with Crippen LogP contribution in [-0.2, 0) is 24.4 Å². The van der Waals surface area contributed by atoms with Crippen molar-refractivity contribution < 1.29 is 46.8 Å². The first-order chi connectivity index (χ1) is 10.5. The van der Waals surface area contributed by atoms with Crippen molar-refractivity contribution in [2.45, 2.75) is 26.2 Å². The summed E-state index contributed by atoms with van der Waals surface area (Å²) in [6.07, 6.45) is 4.35. The molecule has 0 radical (unpaired) electrons. The molecule has 0 heterocycles. The van der Waals surface area contributed by atoms with E-state index in [4.69, 9.17) is 17.2 Å². The number of rotatable bonds is 7. The van der Waals surface area contributed by atoms with Crippen molar-refractivity contribution in [1.29, 1.82) is 0 Å².